The predicted molar refractivity (Wildman–Crippen MR) is 66.0 cm³/mol. The molecular weight excluding hydrogens is 288 g/mol. The van der Waals surface area contributed by atoms with E-state index >= 15 is 0 Å². The lowest BCUT2D eigenvalue weighted by Crippen LogP contribution is -2.01. The quantitative estimate of drug-likeness (QED) is 0.779. The summed E-state index contributed by atoms with van der Waals surface area (Å²) in [5.74, 6) is -1.63. The Morgan fingerprint density at radius 1 is 1.12 bits per heavy atom. The summed E-state index contributed by atoms with van der Waals surface area (Å²) in [6, 6.07) is 9.71. The number of halogens is 3. The zero-order valence-electron chi connectivity index (χ0n) is 8.91. The maximum Gasteiger partial charge on any atom is 0.163 e. The van der Waals surface area contributed by atoms with Gasteiger partial charge in [-0.15, -0.1) is 0 Å². The molecule has 4 heteroatoms. The van der Waals surface area contributed by atoms with Gasteiger partial charge in [-0.1, -0.05) is 34.1 Å². The monoisotopic (exact) mass is 297 g/mol. The Hall–Kier alpha value is -1.29. The average molecular weight is 298 g/mol. The van der Waals surface area contributed by atoms with E-state index in [9.17, 15) is 8.78 Å². The molecule has 1 aromatic carbocycles. The molecule has 0 N–H and O–H groups in total. The van der Waals surface area contributed by atoms with Crippen LogP contribution in [0.2, 0.25) is 0 Å². The molecule has 0 aliphatic rings. The van der Waals surface area contributed by atoms with Crippen molar-refractivity contribution in [2.24, 2.45) is 0 Å². The van der Waals surface area contributed by atoms with Gasteiger partial charge in [-0.2, -0.15) is 0 Å². The normalized spacial score (nSPS) is 12.4. The highest BCUT2D eigenvalue weighted by atomic mass is 79.9. The molecule has 2 rings (SSSR count). The standard InChI is InChI=1S/C13H10BrF2N/c14-11(8-9-4-1-2-7-17-9)10-5-3-6-12(15)13(10)16/h1-7,11H,8H2. The van der Waals surface area contributed by atoms with Gasteiger partial charge in [0.15, 0.2) is 11.6 Å². The summed E-state index contributed by atoms with van der Waals surface area (Å²) in [4.78, 5) is 3.87. The number of hydrogen-bond donors (Lipinski definition) is 0. The van der Waals surface area contributed by atoms with Crippen LogP contribution >= 0.6 is 15.9 Å². The van der Waals surface area contributed by atoms with Crippen molar-refractivity contribution < 1.29 is 8.78 Å². The van der Waals surface area contributed by atoms with Crippen molar-refractivity contribution in [2.75, 3.05) is 0 Å². The van der Waals surface area contributed by atoms with Crippen LogP contribution in [-0.4, -0.2) is 4.98 Å². The summed E-state index contributed by atoms with van der Waals surface area (Å²) in [7, 11) is 0. The van der Waals surface area contributed by atoms with Crippen LogP contribution in [0.15, 0.2) is 42.6 Å². The molecule has 0 saturated heterocycles. The molecule has 0 aliphatic carbocycles. The number of hydrogen-bond acceptors (Lipinski definition) is 1. The van der Waals surface area contributed by atoms with Gasteiger partial charge in [0.25, 0.3) is 0 Å². The van der Waals surface area contributed by atoms with Crippen LogP contribution in [0.1, 0.15) is 16.1 Å². The fraction of sp³-hybridized carbons (Fsp3) is 0.154. The van der Waals surface area contributed by atoms with Crippen LogP contribution in [0.25, 0.3) is 0 Å². The molecule has 1 aromatic heterocycles. The molecule has 1 unspecified atom stereocenters. The van der Waals surface area contributed by atoms with Gasteiger partial charge in [-0.25, -0.2) is 8.78 Å². The van der Waals surface area contributed by atoms with E-state index in [1.54, 1.807) is 12.3 Å². The third-order valence-corrected chi connectivity index (χ3v) is 3.25. The molecule has 0 saturated carbocycles. The Morgan fingerprint density at radius 3 is 2.65 bits per heavy atom. The van der Waals surface area contributed by atoms with E-state index < -0.39 is 11.6 Å². The zero-order chi connectivity index (χ0) is 12.3. The second-order valence-electron chi connectivity index (χ2n) is 3.64. The SMILES string of the molecule is Fc1cccc(C(Br)Cc2ccccn2)c1F. The molecule has 0 bridgehead atoms. The number of aromatic nitrogens is 1. The van der Waals surface area contributed by atoms with Crippen LogP contribution in [0, 0.1) is 11.6 Å². The Labute approximate surface area is 107 Å². The topological polar surface area (TPSA) is 12.9 Å². The maximum atomic E-state index is 13.5. The second kappa shape index (κ2) is 5.36. The molecule has 0 aliphatic heterocycles. The van der Waals surface area contributed by atoms with E-state index in [-0.39, 0.29) is 4.83 Å². The molecule has 1 atom stereocenters. The summed E-state index contributed by atoms with van der Waals surface area (Å²) in [5, 5.41) is 0. The van der Waals surface area contributed by atoms with Gasteiger partial charge >= 0.3 is 0 Å². The van der Waals surface area contributed by atoms with Crippen molar-refractivity contribution >= 4 is 15.9 Å². The number of benzene rings is 1. The lowest BCUT2D eigenvalue weighted by molar-refractivity contribution is 0.498. The Bertz CT molecular complexity index is 502. The molecule has 17 heavy (non-hydrogen) atoms. The van der Waals surface area contributed by atoms with Crippen molar-refractivity contribution in [3.05, 3.63) is 65.5 Å². The molecule has 0 radical (unpaired) electrons. The number of pyridine rings is 1. The van der Waals surface area contributed by atoms with Gasteiger partial charge in [0, 0.05) is 28.7 Å². The van der Waals surface area contributed by atoms with Gasteiger partial charge in [-0.05, 0) is 18.2 Å². The van der Waals surface area contributed by atoms with Crippen LogP contribution in [0.3, 0.4) is 0 Å². The minimum atomic E-state index is -0.826. The number of alkyl halides is 1. The first kappa shape index (κ1) is 12.2. The van der Waals surface area contributed by atoms with Crippen LogP contribution in [0.5, 0.6) is 0 Å². The first-order valence-corrected chi connectivity index (χ1v) is 6.08. The summed E-state index contributed by atoms with van der Waals surface area (Å²) in [6.45, 7) is 0. The van der Waals surface area contributed by atoms with E-state index in [4.69, 9.17) is 0 Å². The zero-order valence-corrected chi connectivity index (χ0v) is 10.5. The van der Waals surface area contributed by atoms with Gasteiger partial charge in [-0.3, -0.25) is 4.98 Å². The molecule has 0 amide bonds. The number of rotatable bonds is 3. The van der Waals surface area contributed by atoms with Gasteiger partial charge in [0.05, 0.1) is 0 Å². The van der Waals surface area contributed by atoms with E-state index in [1.165, 1.54) is 6.07 Å². The van der Waals surface area contributed by atoms with Gasteiger partial charge in [0.1, 0.15) is 0 Å². The summed E-state index contributed by atoms with van der Waals surface area (Å²) >= 11 is 3.36. The lowest BCUT2D eigenvalue weighted by Gasteiger charge is -2.11. The predicted octanol–water partition coefficient (Wildman–Crippen LogP) is 4.04. The summed E-state index contributed by atoms with van der Waals surface area (Å²) in [5.41, 5.74) is 1.15. The minimum Gasteiger partial charge on any atom is -0.261 e. The van der Waals surface area contributed by atoms with Crippen LogP contribution in [-0.2, 0) is 6.42 Å². The number of nitrogens with zero attached hydrogens (tertiary/aromatic N) is 1. The third-order valence-electron chi connectivity index (χ3n) is 2.43. The van der Waals surface area contributed by atoms with Crippen molar-refractivity contribution in [3.63, 3.8) is 0 Å². The Kier molecular flexibility index (Phi) is 3.84. The fourth-order valence-corrected chi connectivity index (χ4v) is 2.26. The lowest BCUT2D eigenvalue weighted by atomic mass is 10.1. The first-order valence-electron chi connectivity index (χ1n) is 5.16. The highest BCUT2D eigenvalue weighted by Crippen LogP contribution is 2.29. The average Bonchev–Trinajstić information content (AvgIpc) is 2.34. The Balaban J connectivity index is 2.20. The molecule has 1 nitrogen and oxygen atoms in total. The second-order valence-corrected chi connectivity index (χ2v) is 4.74. The van der Waals surface area contributed by atoms with E-state index in [2.05, 4.69) is 20.9 Å². The summed E-state index contributed by atoms with van der Waals surface area (Å²) < 4.78 is 26.6. The molecule has 88 valence electrons. The van der Waals surface area contributed by atoms with E-state index in [0.29, 0.717) is 12.0 Å². The molecule has 0 fully saturated rings. The van der Waals surface area contributed by atoms with E-state index in [0.717, 1.165) is 11.8 Å². The van der Waals surface area contributed by atoms with Crippen LogP contribution in [0.4, 0.5) is 8.78 Å². The Morgan fingerprint density at radius 2 is 1.94 bits per heavy atom. The highest BCUT2D eigenvalue weighted by Gasteiger charge is 2.16. The highest BCUT2D eigenvalue weighted by molar-refractivity contribution is 9.09. The minimum absolute atomic E-state index is 0.284. The van der Waals surface area contributed by atoms with E-state index in [1.807, 2.05) is 18.2 Å². The molecule has 1 heterocycles. The summed E-state index contributed by atoms with van der Waals surface area (Å²) in [6.07, 6.45) is 2.19. The van der Waals surface area contributed by atoms with Gasteiger partial charge < -0.3 is 0 Å². The van der Waals surface area contributed by atoms with Crippen molar-refractivity contribution in [2.45, 2.75) is 11.2 Å². The van der Waals surface area contributed by atoms with Crippen molar-refractivity contribution in [1.82, 2.24) is 4.98 Å². The molecule has 0 spiro atoms. The molecule has 2 aromatic rings. The maximum absolute atomic E-state index is 13.5. The third kappa shape index (κ3) is 2.88. The fourth-order valence-electron chi connectivity index (χ4n) is 1.57. The van der Waals surface area contributed by atoms with Crippen LogP contribution < -0.4 is 0 Å². The van der Waals surface area contributed by atoms with Gasteiger partial charge in [0.2, 0.25) is 0 Å². The largest absolute Gasteiger partial charge is 0.261 e. The van der Waals surface area contributed by atoms with Crippen molar-refractivity contribution in [1.29, 1.82) is 0 Å². The smallest absolute Gasteiger partial charge is 0.163 e. The first-order chi connectivity index (χ1) is 8.18. The van der Waals surface area contributed by atoms with Crippen molar-refractivity contribution in [3.8, 4) is 0 Å². The molecular formula is C13H10BrF2N.